The number of carboxylic acid groups (broad SMARTS) is 1. The Morgan fingerprint density at radius 3 is 3.10 bits per heavy atom. The molecule has 0 bridgehead atoms. The molecule has 1 atom stereocenters. The summed E-state index contributed by atoms with van der Waals surface area (Å²) in [6.07, 6.45) is 1.84. The fourth-order valence-electron chi connectivity index (χ4n) is 2.13. The summed E-state index contributed by atoms with van der Waals surface area (Å²) >= 11 is 0. The van der Waals surface area contributed by atoms with Crippen LogP contribution in [0.15, 0.2) is 24.3 Å². The minimum Gasteiger partial charge on any atom is -0.478 e. The highest BCUT2D eigenvalue weighted by molar-refractivity contribution is 5.85. The number of ether oxygens (including phenoxy) is 1. The smallest absolute Gasteiger partial charge is 0.328 e. The van der Waals surface area contributed by atoms with Gasteiger partial charge in [-0.15, -0.1) is 0 Å². The molecule has 1 aromatic carbocycles. The first-order valence-corrected chi connectivity index (χ1v) is 6.51. The quantitative estimate of drug-likeness (QED) is 0.853. The van der Waals surface area contributed by atoms with Gasteiger partial charge in [-0.25, -0.2) is 9.18 Å². The van der Waals surface area contributed by atoms with E-state index < -0.39 is 12.1 Å². The molecule has 0 aromatic heterocycles. The molecule has 2 rings (SSSR count). The zero-order valence-electron chi connectivity index (χ0n) is 11.3. The van der Waals surface area contributed by atoms with Gasteiger partial charge in [0.2, 0.25) is 0 Å². The van der Waals surface area contributed by atoms with Crippen LogP contribution in [0, 0.1) is 17.1 Å². The molecule has 6 heteroatoms. The maximum Gasteiger partial charge on any atom is 0.328 e. The highest BCUT2D eigenvalue weighted by atomic mass is 19.1. The van der Waals surface area contributed by atoms with Crippen LogP contribution in [0.1, 0.15) is 11.1 Å². The zero-order valence-corrected chi connectivity index (χ0v) is 11.3. The van der Waals surface area contributed by atoms with E-state index in [1.165, 1.54) is 12.1 Å². The van der Waals surface area contributed by atoms with Crippen molar-refractivity contribution in [3.05, 3.63) is 41.2 Å². The van der Waals surface area contributed by atoms with E-state index in [-0.39, 0.29) is 5.82 Å². The first-order valence-electron chi connectivity index (χ1n) is 6.51. The van der Waals surface area contributed by atoms with Crippen molar-refractivity contribution in [3.8, 4) is 6.07 Å². The number of aliphatic carboxylic acids is 1. The molecule has 110 valence electrons. The molecule has 5 nitrogen and oxygen atoms in total. The number of benzene rings is 1. The van der Waals surface area contributed by atoms with E-state index in [0.717, 1.165) is 6.08 Å². The van der Waals surface area contributed by atoms with Gasteiger partial charge in [0.15, 0.2) is 6.10 Å². The van der Waals surface area contributed by atoms with Crippen molar-refractivity contribution in [2.24, 2.45) is 0 Å². The molecule has 1 aliphatic heterocycles. The number of carboxylic acids is 1. The molecule has 1 unspecified atom stereocenters. The van der Waals surface area contributed by atoms with Crippen LogP contribution in [0.5, 0.6) is 0 Å². The van der Waals surface area contributed by atoms with Crippen molar-refractivity contribution in [3.63, 3.8) is 0 Å². The molecular weight excluding hydrogens is 275 g/mol. The maximum atomic E-state index is 14.0. The lowest BCUT2D eigenvalue weighted by Gasteiger charge is -2.29. The van der Waals surface area contributed by atoms with E-state index in [2.05, 4.69) is 0 Å². The number of nitriles is 1. The van der Waals surface area contributed by atoms with Gasteiger partial charge in [-0.3, -0.25) is 4.90 Å². The van der Waals surface area contributed by atoms with Gasteiger partial charge in [0.1, 0.15) is 5.82 Å². The number of morpholine rings is 1. The highest BCUT2D eigenvalue weighted by Gasteiger charge is 2.20. The molecular formula is C15H15FN2O3. The van der Waals surface area contributed by atoms with Gasteiger partial charge in [-0.2, -0.15) is 5.26 Å². The first-order chi connectivity index (χ1) is 10.1. The number of nitrogens with zero attached hydrogens (tertiary/aromatic N) is 2. The van der Waals surface area contributed by atoms with Crippen LogP contribution < -0.4 is 0 Å². The van der Waals surface area contributed by atoms with Crippen LogP contribution in [-0.4, -0.2) is 41.8 Å². The van der Waals surface area contributed by atoms with Crippen molar-refractivity contribution in [1.29, 1.82) is 5.26 Å². The molecule has 0 saturated carbocycles. The Bertz CT molecular complexity index is 595. The Kier molecular flexibility index (Phi) is 5.04. The summed E-state index contributed by atoms with van der Waals surface area (Å²) in [5, 5.41) is 17.4. The zero-order chi connectivity index (χ0) is 15.2. The molecule has 1 fully saturated rings. The van der Waals surface area contributed by atoms with Gasteiger partial charge in [0, 0.05) is 31.3 Å². The molecule has 21 heavy (non-hydrogen) atoms. The van der Waals surface area contributed by atoms with E-state index in [1.54, 1.807) is 12.1 Å². The van der Waals surface area contributed by atoms with Crippen LogP contribution in [0.25, 0.3) is 6.08 Å². The SMILES string of the molecule is N#CC1CN(Cc2ccc(C=CC(=O)O)cc2F)CCO1. The third-order valence-electron chi connectivity index (χ3n) is 3.18. The van der Waals surface area contributed by atoms with E-state index in [0.29, 0.717) is 37.4 Å². The summed E-state index contributed by atoms with van der Waals surface area (Å²) < 4.78 is 19.2. The minimum absolute atomic E-state index is 0.387. The number of carbonyl (C=O) groups is 1. The van der Waals surface area contributed by atoms with E-state index in [9.17, 15) is 9.18 Å². The predicted molar refractivity (Wildman–Crippen MR) is 73.7 cm³/mol. The van der Waals surface area contributed by atoms with Crippen LogP contribution in [-0.2, 0) is 16.1 Å². The predicted octanol–water partition coefficient (Wildman–Crippen LogP) is 1.65. The Hall–Kier alpha value is -2.23. The number of hydrogen-bond donors (Lipinski definition) is 1. The van der Waals surface area contributed by atoms with Gasteiger partial charge < -0.3 is 9.84 Å². The molecule has 1 aromatic rings. The van der Waals surface area contributed by atoms with Crippen LogP contribution in [0.4, 0.5) is 4.39 Å². The average Bonchev–Trinajstić information content (AvgIpc) is 2.48. The summed E-state index contributed by atoms with van der Waals surface area (Å²) in [5.41, 5.74) is 1.01. The molecule has 1 N–H and O–H groups in total. The molecule has 1 saturated heterocycles. The minimum atomic E-state index is -1.07. The highest BCUT2D eigenvalue weighted by Crippen LogP contribution is 2.16. The van der Waals surface area contributed by atoms with E-state index in [4.69, 9.17) is 15.1 Å². The van der Waals surface area contributed by atoms with Crippen molar-refractivity contribution >= 4 is 12.0 Å². The number of halogens is 1. The molecule has 1 heterocycles. The fourth-order valence-corrected chi connectivity index (χ4v) is 2.13. The van der Waals surface area contributed by atoms with E-state index in [1.807, 2.05) is 11.0 Å². The normalized spacial score (nSPS) is 19.5. The molecule has 0 amide bonds. The Balaban J connectivity index is 2.04. The maximum absolute atomic E-state index is 14.0. The third kappa shape index (κ3) is 4.38. The summed E-state index contributed by atoms with van der Waals surface area (Å²) in [5.74, 6) is -1.46. The Morgan fingerprint density at radius 2 is 2.43 bits per heavy atom. The van der Waals surface area contributed by atoms with Gasteiger partial charge in [-0.05, 0) is 17.7 Å². The summed E-state index contributed by atoms with van der Waals surface area (Å²) in [4.78, 5) is 12.4. The molecule has 0 spiro atoms. The molecule has 0 aliphatic carbocycles. The second kappa shape index (κ2) is 6.97. The van der Waals surface area contributed by atoms with Crippen molar-refractivity contribution in [2.45, 2.75) is 12.6 Å². The summed E-state index contributed by atoms with van der Waals surface area (Å²) in [6.45, 7) is 1.96. The number of hydrogen-bond acceptors (Lipinski definition) is 4. The van der Waals surface area contributed by atoms with Crippen LogP contribution >= 0.6 is 0 Å². The average molecular weight is 290 g/mol. The second-order valence-corrected chi connectivity index (χ2v) is 4.75. The van der Waals surface area contributed by atoms with Crippen molar-refractivity contribution in [2.75, 3.05) is 19.7 Å². The third-order valence-corrected chi connectivity index (χ3v) is 3.18. The molecule has 0 radical (unpaired) electrons. The monoisotopic (exact) mass is 290 g/mol. The first kappa shape index (κ1) is 15.2. The molecule has 1 aliphatic rings. The Labute approximate surface area is 121 Å². The van der Waals surface area contributed by atoms with Gasteiger partial charge >= 0.3 is 5.97 Å². The van der Waals surface area contributed by atoms with Crippen molar-refractivity contribution in [1.82, 2.24) is 4.90 Å². The Morgan fingerprint density at radius 1 is 1.62 bits per heavy atom. The van der Waals surface area contributed by atoms with Gasteiger partial charge in [-0.1, -0.05) is 12.1 Å². The second-order valence-electron chi connectivity index (χ2n) is 4.75. The van der Waals surface area contributed by atoms with Crippen molar-refractivity contribution < 1.29 is 19.0 Å². The lowest BCUT2D eigenvalue weighted by atomic mass is 10.1. The summed E-state index contributed by atoms with van der Waals surface area (Å²) in [6, 6.07) is 6.65. The van der Waals surface area contributed by atoms with Crippen LogP contribution in [0.2, 0.25) is 0 Å². The number of rotatable bonds is 4. The fraction of sp³-hybridized carbons (Fsp3) is 0.333. The van der Waals surface area contributed by atoms with Gasteiger partial charge in [0.05, 0.1) is 12.7 Å². The largest absolute Gasteiger partial charge is 0.478 e. The van der Waals surface area contributed by atoms with Gasteiger partial charge in [0.25, 0.3) is 0 Å². The lowest BCUT2D eigenvalue weighted by Crippen LogP contribution is -2.41. The van der Waals surface area contributed by atoms with E-state index >= 15 is 0 Å². The van der Waals surface area contributed by atoms with Crippen LogP contribution in [0.3, 0.4) is 0 Å². The standard InChI is InChI=1S/C15H15FN2O3/c16-14-7-11(2-4-15(19)20)1-3-12(14)9-18-5-6-21-13(8-17)10-18/h1-4,7,13H,5-6,9-10H2,(H,19,20). The lowest BCUT2D eigenvalue weighted by molar-refractivity contribution is -0.131. The summed E-state index contributed by atoms with van der Waals surface area (Å²) in [7, 11) is 0. The topological polar surface area (TPSA) is 73.6 Å².